The van der Waals surface area contributed by atoms with Crippen LogP contribution in [0.25, 0.3) is 27.7 Å². The number of benzene rings is 3. The topological polar surface area (TPSA) is 103 Å². The number of fused-ring (bicyclic) bond motifs is 1. The number of hydrogen-bond acceptors (Lipinski definition) is 6. The van der Waals surface area contributed by atoms with E-state index in [1.54, 1.807) is 30.3 Å². The molecule has 1 N–H and O–H groups in total. The maximum absolute atomic E-state index is 14.0. The lowest BCUT2D eigenvalue weighted by molar-refractivity contribution is 0.413. The average Bonchev–Trinajstić information content (AvgIpc) is 3.37. The van der Waals surface area contributed by atoms with E-state index in [4.69, 9.17) is 16.3 Å². The Morgan fingerprint density at radius 3 is 2.64 bits per heavy atom. The van der Waals surface area contributed by atoms with Crippen LogP contribution in [0.5, 0.6) is 5.75 Å². The van der Waals surface area contributed by atoms with Gasteiger partial charge in [0.15, 0.2) is 5.82 Å². The van der Waals surface area contributed by atoms with E-state index >= 15 is 0 Å². The third kappa shape index (κ3) is 4.21. The number of halogens is 2. The van der Waals surface area contributed by atoms with E-state index in [-0.39, 0.29) is 21.3 Å². The molecule has 0 bridgehead atoms. The van der Waals surface area contributed by atoms with Crippen LogP contribution in [0.3, 0.4) is 0 Å². The minimum Gasteiger partial charge on any atom is -0.495 e. The predicted octanol–water partition coefficient (Wildman–Crippen LogP) is 5.25. The second-order valence-corrected chi connectivity index (χ2v) is 9.77. The summed E-state index contributed by atoms with van der Waals surface area (Å²) in [7, 11) is -2.50. The summed E-state index contributed by atoms with van der Waals surface area (Å²) < 4.78 is 53.5. The van der Waals surface area contributed by atoms with E-state index in [2.05, 4.69) is 14.4 Å². The zero-order valence-electron chi connectivity index (χ0n) is 18.6. The van der Waals surface area contributed by atoms with Crippen molar-refractivity contribution >= 4 is 38.3 Å². The van der Waals surface area contributed by atoms with E-state index in [0.717, 1.165) is 0 Å². The second-order valence-electron chi connectivity index (χ2n) is 7.71. The average molecular weight is 526 g/mol. The molecule has 0 aliphatic heterocycles. The Labute approximate surface area is 209 Å². The molecule has 0 radical (unpaired) electrons. The molecule has 8 nitrogen and oxygen atoms in total. The highest BCUT2D eigenvalue weighted by Crippen LogP contribution is 2.35. The predicted molar refractivity (Wildman–Crippen MR) is 134 cm³/mol. The standard InChI is InChI=1S/C25H17ClFN3O5S/c1-34-22-14-15(18-3-2-4-19(27)25(18)26)5-8-21(22)30-20-9-7-17(13-16(20)6-10-24(30)31)36(32,33)29-23-11-12-35-28-23/h2-14H,1H3,(H,28,29). The van der Waals surface area contributed by atoms with E-state index in [1.807, 2.05) is 0 Å². The van der Waals surface area contributed by atoms with Gasteiger partial charge in [-0.15, -0.1) is 0 Å². The third-order valence-electron chi connectivity index (χ3n) is 5.54. The van der Waals surface area contributed by atoms with E-state index in [0.29, 0.717) is 33.5 Å². The zero-order valence-corrected chi connectivity index (χ0v) is 20.2. The van der Waals surface area contributed by atoms with Crippen LogP contribution in [0.4, 0.5) is 10.2 Å². The Bertz CT molecular complexity index is 1770. The van der Waals surface area contributed by atoms with Crippen molar-refractivity contribution < 1.29 is 22.1 Å². The first-order valence-electron chi connectivity index (χ1n) is 10.5. The SMILES string of the molecule is COc1cc(-c2cccc(F)c2Cl)ccc1-n1c(=O)ccc2cc(S(=O)(=O)Nc3ccon3)ccc21. The molecule has 5 aromatic rings. The molecule has 36 heavy (non-hydrogen) atoms. The number of anilines is 1. The van der Waals surface area contributed by atoms with Crippen molar-refractivity contribution in [1.29, 1.82) is 0 Å². The minimum absolute atomic E-state index is 0.0220. The van der Waals surface area contributed by atoms with Gasteiger partial charge in [-0.3, -0.25) is 14.1 Å². The summed E-state index contributed by atoms with van der Waals surface area (Å²) in [6.07, 6.45) is 1.25. The fraction of sp³-hybridized carbons (Fsp3) is 0.0400. The van der Waals surface area contributed by atoms with Crippen LogP contribution in [0.2, 0.25) is 5.02 Å². The maximum atomic E-state index is 14.0. The number of methoxy groups -OCH3 is 1. The summed E-state index contributed by atoms with van der Waals surface area (Å²) >= 11 is 6.15. The summed E-state index contributed by atoms with van der Waals surface area (Å²) in [5.74, 6) is -0.165. The maximum Gasteiger partial charge on any atom is 0.263 e. The van der Waals surface area contributed by atoms with Gasteiger partial charge in [0.2, 0.25) is 0 Å². The number of ether oxygens (including phenoxy) is 1. The Morgan fingerprint density at radius 2 is 1.89 bits per heavy atom. The van der Waals surface area contributed by atoms with Crippen LogP contribution in [-0.4, -0.2) is 25.3 Å². The van der Waals surface area contributed by atoms with Crippen LogP contribution in [0, 0.1) is 5.82 Å². The van der Waals surface area contributed by atoms with Crippen LogP contribution in [-0.2, 0) is 10.0 Å². The first-order valence-corrected chi connectivity index (χ1v) is 12.4. The molecule has 3 aromatic carbocycles. The quantitative estimate of drug-likeness (QED) is 0.325. The summed E-state index contributed by atoms with van der Waals surface area (Å²) in [5.41, 5.74) is 1.59. The Hall–Kier alpha value is -4.15. The molecule has 0 unspecified atom stereocenters. The van der Waals surface area contributed by atoms with Crippen molar-refractivity contribution in [3.8, 4) is 22.6 Å². The van der Waals surface area contributed by atoms with Crippen LogP contribution >= 0.6 is 11.6 Å². The number of nitrogens with one attached hydrogen (secondary N) is 1. The molecule has 0 aliphatic carbocycles. The smallest absolute Gasteiger partial charge is 0.263 e. The molecule has 182 valence electrons. The highest BCUT2D eigenvalue weighted by molar-refractivity contribution is 7.92. The number of rotatable bonds is 6. The lowest BCUT2D eigenvalue weighted by Crippen LogP contribution is -2.18. The van der Waals surface area contributed by atoms with Gasteiger partial charge in [-0.05, 0) is 48.0 Å². The number of sulfonamides is 1. The van der Waals surface area contributed by atoms with Crippen molar-refractivity contribution in [2.45, 2.75) is 4.90 Å². The van der Waals surface area contributed by atoms with Crippen molar-refractivity contribution in [1.82, 2.24) is 9.72 Å². The fourth-order valence-corrected chi connectivity index (χ4v) is 5.12. The van der Waals surface area contributed by atoms with Gasteiger partial charge in [-0.2, -0.15) is 0 Å². The molecule has 0 aliphatic rings. The highest BCUT2D eigenvalue weighted by atomic mass is 35.5. The van der Waals surface area contributed by atoms with Crippen LogP contribution in [0.15, 0.2) is 93.3 Å². The Morgan fingerprint density at radius 1 is 1.06 bits per heavy atom. The van der Waals surface area contributed by atoms with E-state index in [1.165, 1.54) is 60.4 Å². The molecule has 0 fully saturated rings. The summed E-state index contributed by atoms with van der Waals surface area (Å²) in [6.45, 7) is 0. The zero-order chi connectivity index (χ0) is 25.4. The lowest BCUT2D eigenvalue weighted by Gasteiger charge is -2.16. The largest absolute Gasteiger partial charge is 0.495 e. The molecular weight excluding hydrogens is 509 g/mol. The van der Waals surface area contributed by atoms with Gasteiger partial charge in [0.25, 0.3) is 15.6 Å². The monoisotopic (exact) mass is 525 g/mol. The third-order valence-corrected chi connectivity index (χ3v) is 7.27. The molecule has 0 saturated heterocycles. The number of pyridine rings is 1. The number of nitrogens with zero attached hydrogens (tertiary/aromatic N) is 2. The molecule has 5 rings (SSSR count). The van der Waals surface area contributed by atoms with Gasteiger partial charge in [0.1, 0.15) is 17.8 Å². The highest BCUT2D eigenvalue weighted by Gasteiger charge is 2.19. The first kappa shape index (κ1) is 23.6. The van der Waals surface area contributed by atoms with Crippen molar-refractivity contribution in [2.24, 2.45) is 0 Å². The fourth-order valence-electron chi connectivity index (χ4n) is 3.86. The summed E-state index contributed by atoms with van der Waals surface area (Å²) in [6, 6.07) is 18.1. The van der Waals surface area contributed by atoms with Gasteiger partial charge in [-0.25, -0.2) is 12.8 Å². The molecular formula is C25H17ClFN3O5S. The Kier molecular flexibility index (Phi) is 5.99. The Balaban J connectivity index is 1.62. The van der Waals surface area contributed by atoms with Gasteiger partial charge in [0.05, 0.1) is 28.2 Å². The van der Waals surface area contributed by atoms with Gasteiger partial charge >= 0.3 is 0 Å². The van der Waals surface area contributed by atoms with Crippen molar-refractivity contribution in [3.63, 3.8) is 0 Å². The summed E-state index contributed by atoms with van der Waals surface area (Å²) in [5, 5.41) is 4.03. The van der Waals surface area contributed by atoms with Gasteiger partial charge in [-0.1, -0.05) is 35.0 Å². The normalized spacial score (nSPS) is 11.5. The van der Waals surface area contributed by atoms with Crippen molar-refractivity contribution in [3.05, 3.63) is 100 Å². The number of hydrogen-bond donors (Lipinski definition) is 1. The first-order chi connectivity index (χ1) is 17.3. The number of aromatic nitrogens is 2. The van der Waals surface area contributed by atoms with Gasteiger partial charge in [0, 0.05) is 23.1 Å². The van der Waals surface area contributed by atoms with Crippen molar-refractivity contribution in [2.75, 3.05) is 11.8 Å². The molecule has 2 heterocycles. The van der Waals surface area contributed by atoms with Gasteiger partial charge < -0.3 is 9.26 Å². The molecule has 0 saturated carbocycles. The minimum atomic E-state index is -3.95. The van der Waals surface area contributed by atoms with E-state index in [9.17, 15) is 17.6 Å². The molecule has 0 spiro atoms. The lowest BCUT2D eigenvalue weighted by atomic mass is 10.0. The van der Waals surface area contributed by atoms with Crippen LogP contribution in [0.1, 0.15) is 0 Å². The summed E-state index contributed by atoms with van der Waals surface area (Å²) in [4.78, 5) is 12.9. The molecule has 0 atom stereocenters. The van der Waals surface area contributed by atoms with Crippen LogP contribution < -0.4 is 15.0 Å². The van der Waals surface area contributed by atoms with E-state index < -0.39 is 15.8 Å². The molecule has 2 aromatic heterocycles. The molecule has 11 heteroatoms. The molecule has 0 amide bonds. The second kappa shape index (κ2) is 9.14.